The fourth-order valence-corrected chi connectivity index (χ4v) is 6.64. The molecule has 42 heavy (non-hydrogen) atoms. The Morgan fingerprint density at radius 3 is 1.17 bits per heavy atom. The molecule has 2 aromatic heterocycles. The van der Waals surface area contributed by atoms with Crippen molar-refractivity contribution in [2.24, 2.45) is 0 Å². The average molecular weight is 652 g/mol. The van der Waals surface area contributed by atoms with Crippen LogP contribution in [-0.4, -0.2) is 76.4 Å². The highest BCUT2D eigenvalue weighted by atomic mass is 35.5. The Morgan fingerprint density at radius 1 is 0.571 bits per heavy atom. The number of tetrazole rings is 2. The summed E-state index contributed by atoms with van der Waals surface area (Å²) < 4.78 is 3.68. The number of halogens is 4. The van der Waals surface area contributed by atoms with Crippen LogP contribution < -0.4 is 0 Å². The van der Waals surface area contributed by atoms with Crippen LogP contribution in [0.25, 0.3) is 0 Å². The number of benzene rings is 2. The molecule has 224 valence electrons. The number of hydrogen-bond donors (Lipinski definition) is 0. The van der Waals surface area contributed by atoms with Crippen LogP contribution in [0.5, 0.6) is 0 Å². The van der Waals surface area contributed by atoms with Crippen molar-refractivity contribution >= 4 is 46.4 Å². The summed E-state index contributed by atoms with van der Waals surface area (Å²) in [5.74, 6) is 1.35. The van der Waals surface area contributed by atoms with Gasteiger partial charge in [-0.25, -0.2) is 9.36 Å². The Morgan fingerprint density at radius 2 is 0.881 bits per heavy atom. The van der Waals surface area contributed by atoms with E-state index < -0.39 is 0 Å². The van der Waals surface area contributed by atoms with Gasteiger partial charge in [0.15, 0.2) is 11.6 Å². The monoisotopic (exact) mass is 650 g/mol. The Hall–Kier alpha value is -2.34. The van der Waals surface area contributed by atoms with E-state index in [1.807, 2.05) is 45.8 Å². The normalized spacial score (nSPS) is 17.0. The SMILES string of the molecule is CC(C)(C)n1nnnc1C(c1c(Cl)cccc1Cl)N1CCN(C(c2c(Cl)cccc2Cl)c2nnnn2C(C)(C)C)CC1. The zero-order valence-corrected chi connectivity index (χ0v) is 27.5. The molecule has 4 aromatic rings. The van der Waals surface area contributed by atoms with Gasteiger partial charge in [0.2, 0.25) is 0 Å². The van der Waals surface area contributed by atoms with Gasteiger partial charge in [0.25, 0.3) is 0 Å². The predicted molar refractivity (Wildman–Crippen MR) is 165 cm³/mol. The molecule has 0 spiro atoms. The summed E-state index contributed by atoms with van der Waals surface area (Å²) in [6.07, 6.45) is 0. The molecule has 0 bridgehead atoms. The molecule has 1 fully saturated rings. The molecule has 10 nitrogen and oxygen atoms in total. The molecular weight excluding hydrogens is 618 g/mol. The Labute approximate surface area is 265 Å². The first kappa shape index (κ1) is 31.1. The van der Waals surface area contributed by atoms with Gasteiger partial charge in [0.05, 0.1) is 11.1 Å². The molecule has 0 amide bonds. The second-order valence-electron chi connectivity index (χ2n) is 12.4. The van der Waals surface area contributed by atoms with E-state index in [9.17, 15) is 0 Å². The van der Waals surface area contributed by atoms with Crippen LogP contribution in [-0.2, 0) is 11.1 Å². The molecule has 2 aromatic carbocycles. The van der Waals surface area contributed by atoms with Gasteiger partial charge in [-0.2, -0.15) is 0 Å². The van der Waals surface area contributed by atoms with Crippen LogP contribution in [0.1, 0.15) is 76.4 Å². The van der Waals surface area contributed by atoms with Gasteiger partial charge in [-0.1, -0.05) is 58.5 Å². The van der Waals surface area contributed by atoms with E-state index in [1.54, 1.807) is 0 Å². The summed E-state index contributed by atoms with van der Waals surface area (Å²) in [5.41, 5.74) is 0.833. The van der Waals surface area contributed by atoms with E-state index in [-0.39, 0.29) is 23.2 Å². The van der Waals surface area contributed by atoms with Gasteiger partial charge in [-0.05, 0) is 86.7 Å². The molecule has 5 rings (SSSR count). The van der Waals surface area contributed by atoms with Gasteiger partial charge in [0.1, 0.15) is 12.1 Å². The van der Waals surface area contributed by atoms with Crippen molar-refractivity contribution in [3.05, 3.63) is 79.3 Å². The van der Waals surface area contributed by atoms with E-state index in [1.165, 1.54) is 0 Å². The molecular formula is C28H34Cl4N10. The summed E-state index contributed by atoms with van der Waals surface area (Å²) in [6, 6.07) is 10.3. The largest absolute Gasteiger partial charge is 0.287 e. The van der Waals surface area contributed by atoms with E-state index in [2.05, 4.69) is 82.4 Å². The maximum absolute atomic E-state index is 6.80. The second kappa shape index (κ2) is 12.0. The maximum Gasteiger partial charge on any atom is 0.173 e. The summed E-state index contributed by atoms with van der Waals surface area (Å²) >= 11 is 27.2. The zero-order valence-electron chi connectivity index (χ0n) is 24.4. The highest BCUT2D eigenvalue weighted by Gasteiger charge is 2.39. The third kappa shape index (κ3) is 6.02. The van der Waals surface area contributed by atoms with E-state index in [0.717, 1.165) is 11.1 Å². The highest BCUT2D eigenvalue weighted by molar-refractivity contribution is 6.36. The van der Waals surface area contributed by atoms with Crippen molar-refractivity contribution in [2.75, 3.05) is 26.2 Å². The van der Waals surface area contributed by atoms with Gasteiger partial charge in [0, 0.05) is 57.4 Å². The van der Waals surface area contributed by atoms with Gasteiger partial charge in [-0.3, -0.25) is 9.80 Å². The summed E-state index contributed by atoms with van der Waals surface area (Å²) in [4.78, 5) is 4.63. The number of nitrogens with zero attached hydrogens (tertiary/aromatic N) is 10. The minimum absolute atomic E-state index is 0.359. The number of aromatic nitrogens is 8. The lowest BCUT2D eigenvalue weighted by atomic mass is 9.99. The summed E-state index contributed by atoms with van der Waals surface area (Å²) in [7, 11) is 0. The minimum Gasteiger partial charge on any atom is -0.287 e. The molecule has 0 radical (unpaired) electrons. The van der Waals surface area contributed by atoms with Crippen LogP contribution in [0, 0.1) is 0 Å². The van der Waals surface area contributed by atoms with E-state index in [4.69, 9.17) is 46.4 Å². The van der Waals surface area contributed by atoms with Crippen LogP contribution in [0.4, 0.5) is 0 Å². The number of hydrogen-bond acceptors (Lipinski definition) is 8. The van der Waals surface area contributed by atoms with Crippen molar-refractivity contribution in [3.63, 3.8) is 0 Å². The first-order valence-corrected chi connectivity index (χ1v) is 15.2. The van der Waals surface area contributed by atoms with Crippen molar-refractivity contribution in [3.8, 4) is 0 Å². The van der Waals surface area contributed by atoms with Crippen LogP contribution in [0.3, 0.4) is 0 Å². The third-order valence-electron chi connectivity index (χ3n) is 7.37. The number of rotatable bonds is 6. The highest BCUT2D eigenvalue weighted by Crippen LogP contribution is 2.41. The quantitative estimate of drug-likeness (QED) is 0.241. The lowest BCUT2D eigenvalue weighted by Crippen LogP contribution is -2.50. The molecule has 1 aliphatic rings. The van der Waals surface area contributed by atoms with Crippen molar-refractivity contribution in [1.29, 1.82) is 0 Å². The topological polar surface area (TPSA) is 93.7 Å². The standard InChI is InChI=1S/C28H34Cl4N10/c1-27(2,3)41-25(33-35-37-41)23(21-17(29)9-7-10-18(21)30)39-13-15-40(16-14-39)24(22-19(31)11-8-12-20(22)32)26-34-36-38-42(26)28(4,5)6/h7-12,23-24H,13-16H2,1-6H3. The first-order valence-electron chi connectivity index (χ1n) is 13.7. The van der Waals surface area contributed by atoms with Gasteiger partial charge < -0.3 is 0 Å². The fraction of sp³-hybridized carbons (Fsp3) is 0.500. The smallest absolute Gasteiger partial charge is 0.173 e. The first-order chi connectivity index (χ1) is 19.8. The predicted octanol–water partition coefficient (Wildman–Crippen LogP) is 6.28. The molecule has 14 heteroatoms. The summed E-state index contributed by atoms with van der Waals surface area (Å²) in [6.45, 7) is 15.0. The van der Waals surface area contributed by atoms with Crippen LogP contribution >= 0.6 is 46.4 Å². The molecule has 1 saturated heterocycles. The van der Waals surface area contributed by atoms with E-state index in [0.29, 0.717) is 57.9 Å². The molecule has 0 aliphatic carbocycles. The zero-order chi connectivity index (χ0) is 30.4. The van der Waals surface area contributed by atoms with Crippen LogP contribution in [0.2, 0.25) is 20.1 Å². The molecule has 0 N–H and O–H groups in total. The Kier molecular flexibility index (Phi) is 8.87. The second-order valence-corrected chi connectivity index (χ2v) is 14.0. The van der Waals surface area contributed by atoms with Gasteiger partial charge >= 0.3 is 0 Å². The number of piperazine rings is 1. The molecule has 1 aliphatic heterocycles. The summed E-state index contributed by atoms with van der Waals surface area (Å²) in [5, 5.41) is 28.0. The molecule has 2 atom stereocenters. The van der Waals surface area contributed by atoms with Crippen molar-refractivity contribution < 1.29 is 0 Å². The molecule has 2 unspecified atom stereocenters. The lowest BCUT2D eigenvalue weighted by molar-refractivity contribution is 0.0793. The van der Waals surface area contributed by atoms with Crippen molar-refractivity contribution in [1.82, 2.24) is 50.2 Å². The van der Waals surface area contributed by atoms with Gasteiger partial charge in [-0.15, -0.1) is 10.2 Å². The maximum atomic E-state index is 6.80. The van der Waals surface area contributed by atoms with Crippen molar-refractivity contribution in [2.45, 2.75) is 64.7 Å². The van der Waals surface area contributed by atoms with Crippen LogP contribution in [0.15, 0.2) is 36.4 Å². The molecule has 3 heterocycles. The fourth-order valence-electron chi connectivity index (χ4n) is 5.43. The Balaban J connectivity index is 1.55. The third-order valence-corrected chi connectivity index (χ3v) is 8.69. The average Bonchev–Trinajstić information content (AvgIpc) is 3.59. The minimum atomic E-state index is -0.371. The lowest BCUT2D eigenvalue weighted by Gasteiger charge is -2.43. The van der Waals surface area contributed by atoms with E-state index >= 15 is 0 Å². The molecule has 0 saturated carbocycles. The Bertz CT molecular complexity index is 1390.